The molecule has 0 spiro atoms. The SMILES string of the molecule is CCCNCc1cc(F)ccc1N(C)C1CCCCC1C. The molecule has 0 amide bonds. The van der Waals surface area contributed by atoms with Gasteiger partial charge in [-0.05, 0) is 55.5 Å². The predicted molar refractivity (Wildman–Crippen MR) is 88.2 cm³/mol. The molecule has 1 fully saturated rings. The van der Waals surface area contributed by atoms with E-state index < -0.39 is 0 Å². The summed E-state index contributed by atoms with van der Waals surface area (Å²) in [7, 11) is 2.17. The molecule has 0 heterocycles. The lowest BCUT2D eigenvalue weighted by Crippen LogP contribution is -2.39. The highest BCUT2D eigenvalue weighted by Gasteiger charge is 2.26. The molecule has 0 bridgehead atoms. The van der Waals surface area contributed by atoms with E-state index in [-0.39, 0.29) is 5.82 Å². The minimum absolute atomic E-state index is 0.142. The molecule has 1 aliphatic carbocycles. The van der Waals surface area contributed by atoms with Crippen molar-refractivity contribution < 1.29 is 4.39 Å². The number of hydrogen-bond donors (Lipinski definition) is 1. The van der Waals surface area contributed by atoms with Crippen LogP contribution in [0.25, 0.3) is 0 Å². The number of hydrogen-bond acceptors (Lipinski definition) is 2. The van der Waals surface area contributed by atoms with E-state index in [1.54, 1.807) is 12.1 Å². The maximum Gasteiger partial charge on any atom is 0.123 e. The fourth-order valence-electron chi connectivity index (χ4n) is 3.49. The second-order valence-electron chi connectivity index (χ2n) is 6.39. The Hall–Kier alpha value is -1.09. The van der Waals surface area contributed by atoms with Crippen LogP contribution in [-0.2, 0) is 6.54 Å². The molecule has 1 N–H and O–H groups in total. The summed E-state index contributed by atoms with van der Waals surface area (Å²) in [5.74, 6) is 0.572. The quantitative estimate of drug-likeness (QED) is 0.785. The Labute approximate surface area is 128 Å². The second kappa shape index (κ2) is 7.79. The Balaban J connectivity index is 2.16. The van der Waals surface area contributed by atoms with Crippen molar-refractivity contribution in [1.82, 2.24) is 5.32 Å². The maximum atomic E-state index is 13.6. The van der Waals surface area contributed by atoms with E-state index in [4.69, 9.17) is 0 Å². The molecule has 1 aromatic carbocycles. The number of nitrogens with zero attached hydrogens (tertiary/aromatic N) is 1. The van der Waals surface area contributed by atoms with Crippen LogP contribution in [0.1, 0.15) is 51.5 Å². The summed E-state index contributed by atoms with van der Waals surface area (Å²) in [6.45, 7) is 6.21. The van der Waals surface area contributed by atoms with Crippen LogP contribution in [0, 0.1) is 11.7 Å². The molecule has 1 aliphatic rings. The third-order valence-corrected chi connectivity index (χ3v) is 4.73. The van der Waals surface area contributed by atoms with Gasteiger partial charge in [-0.25, -0.2) is 4.39 Å². The molecule has 0 radical (unpaired) electrons. The van der Waals surface area contributed by atoms with Crippen LogP contribution in [0.15, 0.2) is 18.2 Å². The minimum Gasteiger partial charge on any atom is -0.371 e. The van der Waals surface area contributed by atoms with E-state index in [0.29, 0.717) is 12.0 Å². The van der Waals surface area contributed by atoms with Crippen molar-refractivity contribution in [2.75, 3.05) is 18.5 Å². The third-order valence-electron chi connectivity index (χ3n) is 4.73. The molecule has 1 aromatic rings. The molecule has 0 aromatic heterocycles. The zero-order chi connectivity index (χ0) is 15.2. The van der Waals surface area contributed by atoms with Crippen LogP contribution in [0.3, 0.4) is 0 Å². The zero-order valence-electron chi connectivity index (χ0n) is 13.7. The van der Waals surface area contributed by atoms with Crippen molar-refractivity contribution in [2.24, 2.45) is 5.92 Å². The van der Waals surface area contributed by atoms with Gasteiger partial charge in [-0.3, -0.25) is 0 Å². The molecule has 118 valence electrons. The lowest BCUT2D eigenvalue weighted by Gasteiger charge is -2.38. The summed E-state index contributed by atoms with van der Waals surface area (Å²) < 4.78 is 13.6. The van der Waals surface area contributed by atoms with E-state index in [9.17, 15) is 4.39 Å². The standard InChI is InChI=1S/C18H29FN2/c1-4-11-20-13-15-12-16(19)9-10-18(15)21(3)17-8-6-5-7-14(17)2/h9-10,12,14,17,20H,4-8,11,13H2,1-3H3. The first-order chi connectivity index (χ1) is 10.1. The Bertz CT molecular complexity index is 447. The molecule has 2 rings (SSSR count). The Morgan fingerprint density at radius 1 is 1.29 bits per heavy atom. The first-order valence-electron chi connectivity index (χ1n) is 8.35. The lowest BCUT2D eigenvalue weighted by atomic mass is 9.84. The molecule has 3 heteroatoms. The van der Waals surface area contributed by atoms with E-state index in [2.05, 4.69) is 31.1 Å². The molecule has 1 saturated carbocycles. The molecule has 2 atom stereocenters. The van der Waals surface area contributed by atoms with Gasteiger partial charge in [0, 0.05) is 25.3 Å². The van der Waals surface area contributed by atoms with Crippen molar-refractivity contribution >= 4 is 5.69 Å². The summed E-state index contributed by atoms with van der Waals surface area (Å²) in [5.41, 5.74) is 2.25. The van der Waals surface area contributed by atoms with Gasteiger partial charge in [0.25, 0.3) is 0 Å². The van der Waals surface area contributed by atoms with Gasteiger partial charge in [-0.1, -0.05) is 26.7 Å². The Morgan fingerprint density at radius 2 is 2.05 bits per heavy atom. The Kier molecular flexibility index (Phi) is 6.04. The van der Waals surface area contributed by atoms with Gasteiger partial charge in [0.05, 0.1) is 0 Å². The average molecular weight is 292 g/mol. The molecule has 2 unspecified atom stereocenters. The van der Waals surface area contributed by atoms with Gasteiger partial charge < -0.3 is 10.2 Å². The van der Waals surface area contributed by atoms with Gasteiger partial charge in [0.15, 0.2) is 0 Å². The van der Waals surface area contributed by atoms with Crippen LogP contribution < -0.4 is 10.2 Å². The number of halogens is 1. The van der Waals surface area contributed by atoms with Crippen LogP contribution >= 0.6 is 0 Å². The summed E-state index contributed by atoms with van der Waals surface area (Å²) in [4.78, 5) is 2.38. The van der Waals surface area contributed by atoms with Crippen LogP contribution in [0.5, 0.6) is 0 Å². The fourth-order valence-corrected chi connectivity index (χ4v) is 3.49. The van der Waals surface area contributed by atoms with Crippen LogP contribution in [0.4, 0.5) is 10.1 Å². The first-order valence-corrected chi connectivity index (χ1v) is 8.35. The molecule has 0 saturated heterocycles. The molecular weight excluding hydrogens is 263 g/mol. The van der Waals surface area contributed by atoms with Gasteiger partial charge in [-0.2, -0.15) is 0 Å². The molecule has 21 heavy (non-hydrogen) atoms. The summed E-state index contributed by atoms with van der Waals surface area (Å²) in [5, 5.41) is 3.39. The highest BCUT2D eigenvalue weighted by atomic mass is 19.1. The monoisotopic (exact) mass is 292 g/mol. The highest BCUT2D eigenvalue weighted by Crippen LogP contribution is 2.32. The van der Waals surface area contributed by atoms with Crippen molar-refractivity contribution in [3.8, 4) is 0 Å². The fraction of sp³-hybridized carbons (Fsp3) is 0.667. The Morgan fingerprint density at radius 3 is 2.76 bits per heavy atom. The van der Waals surface area contributed by atoms with Crippen molar-refractivity contribution in [1.29, 1.82) is 0 Å². The van der Waals surface area contributed by atoms with Crippen molar-refractivity contribution in [3.63, 3.8) is 0 Å². The summed E-state index contributed by atoms with van der Waals surface area (Å²) in [6.07, 6.45) is 6.31. The van der Waals surface area contributed by atoms with Crippen molar-refractivity contribution in [2.45, 2.75) is 58.5 Å². The average Bonchev–Trinajstić information content (AvgIpc) is 2.47. The van der Waals surface area contributed by atoms with Crippen LogP contribution in [-0.4, -0.2) is 19.6 Å². The van der Waals surface area contributed by atoms with E-state index >= 15 is 0 Å². The zero-order valence-corrected chi connectivity index (χ0v) is 13.7. The van der Waals surface area contributed by atoms with Crippen LogP contribution in [0.2, 0.25) is 0 Å². The second-order valence-corrected chi connectivity index (χ2v) is 6.39. The van der Waals surface area contributed by atoms with Gasteiger partial charge >= 0.3 is 0 Å². The number of rotatable bonds is 6. The number of nitrogens with one attached hydrogen (secondary N) is 1. The number of benzene rings is 1. The maximum absolute atomic E-state index is 13.6. The lowest BCUT2D eigenvalue weighted by molar-refractivity contribution is 0.321. The molecule has 0 aliphatic heterocycles. The highest BCUT2D eigenvalue weighted by molar-refractivity contribution is 5.54. The normalized spacial score (nSPS) is 22.3. The van der Waals surface area contributed by atoms with E-state index in [1.165, 1.54) is 31.4 Å². The largest absolute Gasteiger partial charge is 0.371 e. The third kappa shape index (κ3) is 4.19. The van der Waals surface area contributed by atoms with Gasteiger partial charge in [-0.15, -0.1) is 0 Å². The van der Waals surface area contributed by atoms with E-state index in [0.717, 1.165) is 25.1 Å². The first kappa shape index (κ1) is 16.3. The number of anilines is 1. The topological polar surface area (TPSA) is 15.3 Å². The smallest absolute Gasteiger partial charge is 0.123 e. The predicted octanol–water partition coefficient (Wildman–Crippen LogP) is 4.34. The van der Waals surface area contributed by atoms with Gasteiger partial charge in [0.2, 0.25) is 0 Å². The summed E-state index contributed by atoms with van der Waals surface area (Å²) in [6, 6.07) is 5.79. The van der Waals surface area contributed by atoms with Crippen molar-refractivity contribution in [3.05, 3.63) is 29.6 Å². The minimum atomic E-state index is -0.142. The molecular formula is C18H29FN2. The molecule has 2 nitrogen and oxygen atoms in total. The van der Waals surface area contributed by atoms with E-state index in [1.807, 2.05) is 6.07 Å². The van der Waals surface area contributed by atoms with Gasteiger partial charge in [0.1, 0.15) is 5.82 Å². The summed E-state index contributed by atoms with van der Waals surface area (Å²) >= 11 is 0.